The summed E-state index contributed by atoms with van der Waals surface area (Å²) in [5, 5.41) is 10.9. The first kappa shape index (κ1) is 16.5. The molecule has 0 radical (unpaired) electrons. The molecule has 8 heteroatoms. The molecule has 128 valence electrons. The van der Waals surface area contributed by atoms with Crippen LogP contribution in [0.4, 0.5) is 0 Å². The fourth-order valence-electron chi connectivity index (χ4n) is 3.41. The van der Waals surface area contributed by atoms with Gasteiger partial charge in [0.15, 0.2) is 0 Å². The highest BCUT2D eigenvalue weighted by atomic mass is 35.5. The Morgan fingerprint density at radius 1 is 1.44 bits per heavy atom. The molecule has 0 aliphatic carbocycles. The van der Waals surface area contributed by atoms with E-state index in [1.807, 2.05) is 29.1 Å². The van der Waals surface area contributed by atoms with Crippen LogP contribution in [0.5, 0.6) is 0 Å². The van der Waals surface area contributed by atoms with Crippen LogP contribution in [0.1, 0.15) is 13.3 Å². The Labute approximate surface area is 155 Å². The maximum atomic E-state index is 9.32. The van der Waals surface area contributed by atoms with Crippen LogP contribution in [0, 0.1) is 11.3 Å². The van der Waals surface area contributed by atoms with Crippen LogP contribution in [0.25, 0.3) is 22.3 Å². The second-order valence-corrected chi connectivity index (χ2v) is 7.90. The predicted molar refractivity (Wildman–Crippen MR) is 100 cm³/mol. The van der Waals surface area contributed by atoms with Crippen LogP contribution in [-0.2, 0) is 5.54 Å². The SMILES string of the molecule is CCSN1CC(CC#N)(n2cc(-c3ncnc4[nH]ccc34)cc2Cl)C1. The number of halogens is 1. The average Bonchev–Trinajstić information content (AvgIpc) is 3.19. The fraction of sp³-hybridized carbons (Fsp3) is 0.353. The highest BCUT2D eigenvalue weighted by Gasteiger charge is 2.45. The van der Waals surface area contributed by atoms with Crippen LogP contribution in [-0.4, -0.2) is 42.7 Å². The van der Waals surface area contributed by atoms with Gasteiger partial charge in [0, 0.05) is 42.2 Å². The Morgan fingerprint density at radius 2 is 2.28 bits per heavy atom. The van der Waals surface area contributed by atoms with Gasteiger partial charge >= 0.3 is 0 Å². The number of nitrogens with one attached hydrogen (secondary N) is 1. The molecular formula is C17H17ClN6S. The Kier molecular flexibility index (Phi) is 4.20. The van der Waals surface area contributed by atoms with Crippen molar-refractivity contribution in [3.05, 3.63) is 36.0 Å². The monoisotopic (exact) mass is 372 g/mol. The van der Waals surface area contributed by atoms with Gasteiger partial charge in [0.05, 0.1) is 23.7 Å². The molecule has 25 heavy (non-hydrogen) atoms. The van der Waals surface area contributed by atoms with E-state index in [1.165, 1.54) is 0 Å². The Balaban J connectivity index is 1.73. The van der Waals surface area contributed by atoms with Gasteiger partial charge in [-0.3, -0.25) is 0 Å². The van der Waals surface area contributed by atoms with Gasteiger partial charge in [0.1, 0.15) is 17.1 Å². The number of fused-ring (bicyclic) bond motifs is 1. The van der Waals surface area contributed by atoms with Crippen molar-refractivity contribution >= 4 is 34.6 Å². The molecule has 1 saturated heterocycles. The summed E-state index contributed by atoms with van der Waals surface area (Å²) in [6, 6.07) is 6.21. The van der Waals surface area contributed by atoms with Crippen LogP contribution in [0.2, 0.25) is 5.15 Å². The van der Waals surface area contributed by atoms with Gasteiger partial charge < -0.3 is 9.55 Å². The lowest BCUT2D eigenvalue weighted by Crippen LogP contribution is -2.59. The van der Waals surface area contributed by atoms with Gasteiger partial charge in [0.2, 0.25) is 0 Å². The summed E-state index contributed by atoms with van der Waals surface area (Å²) in [4.78, 5) is 11.8. The van der Waals surface area contributed by atoms with Crippen molar-refractivity contribution in [2.75, 3.05) is 18.8 Å². The second-order valence-electron chi connectivity index (χ2n) is 6.16. The topological polar surface area (TPSA) is 73.5 Å². The number of rotatable bonds is 5. The number of hydrogen-bond acceptors (Lipinski definition) is 5. The molecule has 0 saturated carbocycles. The van der Waals surface area contributed by atoms with Crippen LogP contribution < -0.4 is 0 Å². The summed E-state index contributed by atoms with van der Waals surface area (Å²) < 4.78 is 4.32. The maximum Gasteiger partial charge on any atom is 0.141 e. The van der Waals surface area contributed by atoms with Crippen molar-refractivity contribution in [3.8, 4) is 17.3 Å². The molecule has 3 aromatic rings. The normalized spacial score (nSPS) is 16.7. The lowest BCUT2D eigenvalue weighted by molar-refractivity contribution is 0.0956. The van der Waals surface area contributed by atoms with Crippen molar-refractivity contribution in [1.82, 2.24) is 23.8 Å². The Morgan fingerprint density at radius 3 is 3.04 bits per heavy atom. The van der Waals surface area contributed by atoms with Crippen LogP contribution in [0.15, 0.2) is 30.9 Å². The van der Waals surface area contributed by atoms with Crippen molar-refractivity contribution in [3.63, 3.8) is 0 Å². The minimum atomic E-state index is -0.267. The van der Waals surface area contributed by atoms with E-state index in [-0.39, 0.29) is 5.54 Å². The quantitative estimate of drug-likeness (QED) is 0.691. The van der Waals surface area contributed by atoms with Crippen LogP contribution in [0.3, 0.4) is 0 Å². The summed E-state index contributed by atoms with van der Waals surface area (Å²) in [5.74, 6) is 1.03. The van der Waals surface area contributed by atoms with Gasteiger partial charge in [-0.15, -0.1) is 0 Å². The number of nitrogens with zero attached hydrogens (tertiary/aromatic N) is 5. The highest BCUT2D eigenvalue weighted by Crippen LogP contribution is 2.41. The van der Waals surface area contributed by atoms with Gasteiger partial charge in [-0.1, -0.05) is 30.5 Å². The van der Waals surface area contributed by atoms with Crippen LogP contribution >= 0.6 is 23.5 Å². The van der Waals surface area contributed by atoms with E-state index in [9.17, 15) is 5.26 Å². The number of nitriles is 1. The molecule has 1 N–H and O–H groups in total. The zero-order valence-electron chi connectivity index (χ0n) is 13.7. The number of aromatic nitrogens is 4. The zero-order valence-corrected chi connectivity index (χ0v) is 15.3. The largest absolute Gasteiger partial charge is 0.346 e. The van der Waals surface area contributed by atoms with E-state index in [0.717, 1.165) is 41.1 Å². The van der Waals surface area contributed by atoms with E-state index in [4.69, 9.17) is 11.6 Å². The Bertz CT molecular complexity index is 950. The van der Waals surface area contributed by atoms with E-state index in [0.29, 0.717) is 11.6 Å². The molecule has 0 amide bonds. The number of H-pyrrole nitrogens is 1. The van der Waals surface area contributed by atoms with Gasteiger partial charge in [-0.25, -0.2) is 14.3 Å². The lowest BCUT2D eigenvalue weighted by atomic mass is 9.89. The summed E-state index contributed by atoms with van der Waals surface area (Å²) in [5.41, 5.74) is 2.32. The third kappa shape index (κ3) is 2.71. The number of aromatic amines is 1. The molecule has 0 bridgehead atoms. The van der Waals surface area contributed by atoms with E-state index in [2.05, 4.69) is 32.3 Å². The minimum absolute atomic E-state index is 0.267. The van der Waals surface area contributed by atoms with Gasteiger partial charge in [-0.2, -0.15) is 5.26 Å². The summed E-state index contributed by atoms with van der Waals surface area (Å²) in [6.07, 6.45) is 5.85. The molecule has 6 nitrogen and oxygen atoms in total. The lowest BCUT2D eigenvalue weighted by Gasteiger charge is -2.49. The summed E-state index contributed by atoms with van der Waals surface area (Å²) >= 11 is 8.35. The molecule has 1 aliphatic rings. The molecule has 1 fully saturated rings. The molecule has 0 unspecified atom stereocenters. The molecular weight excluding hydrogens is 356 g/mol. The van der Waals surface area contributed by atoms with Crippen molar-refractivity contribution in [2.45, 2.75) is 18.9 Å². The molecule has 4 rings (SSSR count). The zero-order chi connectivity index (χ0) is 17.4. The maximum absolute atomic E-state index is 9.32. The number of hydrogen-bond donors (Lipinski definition) is 1. The second kappa shape index (κ2) is 6.37. The molecule has 1 aliphatic heterocycles. The average molecular weight is 373 g/mol. The third-order valence-electron chi connectivity index (χ3n) is 4.57. The Hall–Kier alpha value is -2.01. The third-order valence-corrected chi connectivity index (χ3v) is 5.75. The first-order valence-corrected chi connectivity index (χ1v) is 9.40. The molecule has 4 heterocycles. The molecule has 0 atom stereocenters. The van der Waals surface area contributed by atoms with Crippen molar-refractivity contribution < 1.29 is 0 Å². The van der Waals surface area contributed by atoms with Gasteiger partial charge in [0.25, 0.3) is 0 Å². The molecule has 0 aromatic carbocycles. The predicted octanol–water partition coefficient (Wildman–Crippen LogP) is 3.67. The smallest absolute Gasteiger partial charge is 0.141 e. The van der Waals surface area contributed by atoms with E-state index >= 15 is 0 Å². The molecule has 3 aromatic heterocycles. The van der Waals surface area contributed by atoms with Crippen molar-refractivity contribution in [1.29, 1.82) is 5.26 Å². The van der Waals surface area contributed by atoms with E-state index < -0.39 is 0 Å². The minimum Gasteiger partial charge on any atom is -0.346 e. The van der Waals surface area contributed by atoms with Gasteiger partial charge in [-0.05, 0) is 12.1 Å². The first-order valence-electron chi connectivity index (χ1n) is 8.08. The molecule has 0 spiro atoms. The standard InChI is InChI=1S/C17H17ClN6S/c1-2-25-23-9-17(10-23,4-5-19)24-8-12(7-14(24)18)15-13-3-6-20-16(13)22-11-21-15/h3,6-8,11H,2,4,9-10H2,1H3,(H,20,21,22). The van der Waals surface area contributed by atoms with Crippen molar-refractivity contribution in [2.24, 2.45) is 0 Å². The highest BCUT2D eigenvalue weighted by molar-refractivity contribution is 7.97. The fourth-order valence-corrected chi connectivity index (χ4v) is 4.79. The first-order chi connectivity index (χ1) is 12.2. The summed E-state index contributed by atoms with van der Waals surface area (Å²) in [6.45, 7) is 3.76. The summed E-state index contributed by atoms with van der Waals surface area (Å²) in [7, 11) is 0. The van der Waals surface area contributed by atoms with E-state index in [1.54, 1.807) is 18.3 Å².